The number of halogens is 1. The van der Waals surface area contributed by atoms with Crippen molar-refractivity contribution < 1.29 is 9.21 Å². The second-order valence-electron chi connectivity index (χ2n) is 6.31. The van der Waals surface area contributed by atoms with E-state index in [-0.39, 0.29) is 16.0 Å². The first-order valence-electron chi connectivity index (χ1n) is 8.75. The van der Waals surface area contributed by atoms with E-state index in [1.807, 2.05) is 18.2 Å². The second-order valence-corrected chi connectivity index (χ2v) is 7.08. The fraction of sp³-hybridized carbons (Fsp3) is 0.250. The Hall–Kier alpha value is -2.44. The third-order valence-corrected chi connectivity index (χ3v) is 4.81. The van der Waals surface area contributed by atoms with Crippen molar-refractivity contribution in [2.24, 2.45) is 0 Å². The van der Waals surface area contributed by atoms with Gasteiger partial charge in [0, 0.05) is 18.0 Å². The number of furan rings is 1. The van der Waals surface area contributed by atoms with Gasteiger partial charge in [-0.3, -0.25) is 10.1 Å². The average molecular weight is 402 g/mol. The second kappa shape index (κ2) is 8.50. The topological polar surface area (TPSA) is 67.2 Å². The maximum absolute atomic E-state index is 12.5. The highest BCUT2D eigenvalue weighted by atomic mass is 35.5. The molecule has 0 saturated heterocycles. The van der Waals surface area contributed by atoms with E-state index in [1.54, 1.807) is 12.1 Å². The van der Waals surface area contributed by atoms with E-state index in [2.05, 4.69) is 35.5 Å². The van der Waals surface area contributed by atoms with Crippen LogP contribution in [0.4, 0.5) is 5.69 Å². The number of amides is 1. The van der Waals surface area contributed by atoms with Crippen LogP contribution in [0.15, 0.2) is 47.0 Å². The van der Waals surface area contributed by atoms with Crippen molar-refractivity contribution in [1.29, 1.82) is 0 Å². The van der Waals surface area contributed by atoms with E-state index >= 15 is 0 Å². The molecule has 0 aliphatic rings. The maximum Gasteiger partial charge on any atom is 0.293 e. The fourth-order valence-electron chi connectivity index (χ4n) is 2.99. The van der Waals surface area contributed by atoms with Crippen LogP contribution in [0.25, 0.3) is 11.0 Å². The van der Waals surface area contributed by atoms with Crippen LogP contribution in [0.5, 0.6) is 0 Å². The standard InChI is InChI=1S/C20H20ClN3O2S/c1-3-6-12(2)13-7-4-5-8-15(13)23-20(27)24-19(25)17-11-14-16(26-17)9-10-22-18(14)21/h4-5,7-12H,3,6H2,1-2H3,(H2,23,24,25,27). The molecule has 0 aliphatic heterocycles. The number of fused-ring (bicyclic) bond motifs is 1. The van der Waals surface area contributed by atoms with Gasteiger partial charge in [-0.15, -0.1) is 0 Å². The van der Waals surface area contributed by atoms with Gasteiger partial charge >= 0.3 is 0 Å². The number of hydrogen-bond donors (Lipinski definition) is 2. The van der Waals surface area contributed by atoms with Crippen LogP contribution in [0, 0.1) is 0 Å². The Morgan fingerprint density at radius 1 is 1.33 bits per heavy atom. The molecule has 3 rings (SSSR count). The molecule has 0 saturated carbocycles. The van der Waals surface area contributed by atoms with Gasteiger partial charge < -0.3 is 9.73 Å². The zero-order valence-corrected chi connectivity index (χ0v) is 16.7. The molecule has 0 fully saturated rings. The van der Waals surface area contributed by atoms with Crippen molar-refractivity contribution in [2.75, 3.05) is 5.32 Å². The van der Waals surface area contributed by atoms with Gasteiger partial charge in [0.1, 0.15) is 10.7 Å². The number of aromatic nitrogens is 1. The number of benzene rings is 1. The van der Waals surface area contributed by atoms with Crippen LogP contribution in [-0.4, -0.2) is 16.0 Å². The van der Waals surface area contributed by atoms with Crippen molar-refractivity contribution in [2.45, 2.75) is 32.6 Å². The molecule has 140 valence electrons. The number of anilines is 1. The van der Waals surface area contributed by atoms with Crippen LogP contribution >= 0.6 is 23.8 Å². The first-order chi connectivity index (χ1) is 13.0. The van der Waals surface area contributed by atoms with Gasteiger partial charge in [0.15, 0.2) is 10.9 Å². The minimum absolute atomic E-state index is 0.122. The van der Waals surface area contributed by atoms with Gasteiger partial charge in [-0.2, -0.15) is 0 Å². The predicted molar refractivity (Wildman–Crippen MR) is 112 cm³/mol. The summed E-state index contributed by atoms with van der Waals surface area (Å²) in [6.07, 6.45) is 3.70. The smallest absolute Gasteiger partial charge is 0.293 e. The van der Waals surface area contributed by atoms with Crippen molar-refractivity contribution in [1.82, 2.24) is 10.3 Å². The zero-order valence-electron chi connectivity index (χ0n) is 15.1. The highest BCUT2D eigenvalue weighted by Gasteiger charge is 2.16. The number of pyridine rings is 1. The van der Waals surface area contributed by atoms with Gasteiger partial charge in [0.05, 0.1) is 5.39 Å². The van der Waals surface area contributed by atoms with Crippen molar-refractivity contribution in [3.05, 3.63) is 59.1 Å². The van der Waals surface area contributed by atoms with Crippen molar-refractivity contribution in [3.8, 4) is 0 Å². The molecule has 0 aliphatic carbocycles. The number of thiocarbonyl (C=S) groups is 1. The zero-order chi connectivity index (χ0) is 19.4. The quantitative estimate of drug-likeness (QED) is 0.435. The fourth-order valence-corrected chi connectivity index (χ4v) is 3.40. The van der Waals surface area contributed by atoms with E-state index in [9.17, 15) is 4.79 Å². The lowest BCUT2D eigenvalue weighted by Crippen LogP contribution is -2.34. The Morgan fingerprint density at radius 3 is 2.85 bits per heavy atom. The molecule has 27 heavy (non-hydrogen) atoms. The molecule has 1 amide bonds. The molecule has 0 bridgehead atoms. The summed E-state index contributed by atoms with van der Waals surface area (Å²) in [5, 5.41) is 6.84. The predicted octanol–water partition coefficient (Wildman–Crippen LogP) is 5.51. The highest BCUT2D eigenvalue weighted by Crippen LogP contribution is 2.28. The van der Waals surface area contributed by atoms with E-state index < -0.39 is 5.91 Å². The minimum Gasteiger partial charge on any atom is -0.451 e. The molecule has 5 nitrogen and oxygen atoms in total. The van der Waals surface area contributed by atoms with Crippen LogP contribution in [0.1, 0.15) is 48.7 Å². The third kappa shape index (κ3) is 4.46. The molecule has 1 unspecified atom stereocenters. The summed E-state index contributed by atoms with van der Waals surface area (Å²) in [7, 11) is 0. The normalized spacial score (nSPS) is 12.0. The summed E-state index contributed by atoms with van der Waals surface area (Å²) in [5.74, 6) is 0.0674. The molecule has 3 aromatic rings. The Morgan fingerprint density at radius 2 is 2.11 bits per heavy atom. The number of hydrogen-bond acceptors (Lipinski definition) is 4. The molecule has 0 spiro atoms. The lowest BCUT2D eigenvalue weighted by Gasteiger charge is -2.17. The Kier molecular flexibility index (Phi) is 6.08. The molecular weight excluding hydrogens is 382 g/mol. The highest BCUT2D eigenvalue weighted by molar-refractivity contribution is 7.80. The van der Waals surface area contributed by atoms with Crippen molar-refractivity contribution >= 4 is 51.5 Å². The number of nitrogens with zero attached hydrogens (tertiary/aromatic N) is 1. The van der Waals surface area contributed by atoms with Gasteiger partial charge in [-0.05, 0) is 42.3 Å². The molecule has 2 aromatic heterocycles. The van der Waals surface area contributed by atoms with E-state index in [0.29, 0.717) is 16.9 Å². The Balaban J connectivity index is 1.72. The van der Waals surface area contributed by atoms with E-state index in [0.717, 1.165) is 24.1 Å². The van der Waals surface area contributed by atoms with Gasteiger partial charge in [-0.1, -0.05) is 50.1 Å². The number of carbonyl (C=O) groups excluding carboxylic acids is 1. The van der Waals surface area contributed by atoms with Gasteiger partial charge in [0.2, 0.25) is 0 Å². The monoisotopic (exact) mass is 401 g/mol. The first-order valence-corrected chi connectivity index (χ1v) is 9.53. The van der Waals surface area contributed by atoms with Crippen LogP contribution in [0.2, 0.25) is 5.15 Å². The van der Waals surface area contributed by atoms with Crippen LogP contribution in [0.3, 0.4) is 0 Å². The number of nitrogens with one attached hydrogen (secondary N) is 2. The summed E-state index contributed by atoms with van der Waals surface area (Å²) >= 11 is 11.3. The summed E-state index contributed by atoms with van der Waals surface area (Å²) in [6.45, 7) is 4.34. The lowest BCUT2D eigenvalue weighted by atomic mass is 9.95. The summed E-state index contributed by atoms with van der Waals surface area (Å²) in [4.78, 5) is 16.4. The van der Waals surface area contributed by atoms with Crippen molar-refractivity contribution in [3.63, 3.8) is 0 Å². The van der Waals surface area contributed by atoms with Crippen LogP contribution in [-0.2, 0) is 0 Å². The largest absolute Gasteiger partial charge is 0.451 e. The Labute approximate surface area is 168 Å². The molecule has 2 heterocycles. The van der Waals surface area contributed by atoms with E-state index in [1.165, 1.54) is 6.20 Å². The SMILES string of the molecule is CCCC(C)c1ccccc1NC(=S)NC(=O)c1cc2c(Cl)nccc2o1. The Bertz CT molecular complexity index is 986. The first kappa shape index (κ1) is 19.3. The van der Waals surface area contributed by atoms with Gasteiger partial charge in [-0.25, -0.2) is 4.98 Å². The molecule has 1 atom stereocenters. The number of rotatable bonds is 5. The minimum atomic E-state index is -0.446. The molecule has 7 heteroatoms. The lowest BCUT2D eigenvalue weighted by molar-refractivity contribution is 0.0953. The van der Waals surface area contributed by atoms with E-state index in [4.69, 9.17) is 28.2 Å². The summed E-state index contributed by atoms with van der Waals surface area (Å²) in [6, 6.07) is 11.2. The summed E-state index contributed by atoms with van der Waals surface area (Å²) in [5.41, 5.74) is 2.55. The number of para-hydroxylation sites is 1. The van der Waals surface area contributed by atoms with Gasteiger partial charge in [0.25, 0.3) is 5.91 Å². The third-order valence-electron chi connectivity index (χ3n) is 4.31. The molecular formula is C20H20ClN3O2S. The molecule has 0 radical (unpaired) electrons. The average Bonchev–Trinajstić information content (AvgIpc) is 3.08. The molecule has 2 N–H and O–H groups in total. The molecule has 1 aromatic carbocycles. The number of carbonyl (C=O) groups is 1. The van der Waals surface area contributed by atoms with Crippen LogP contribution < -0.4 is 10.6 Å². The maximum atomic E-state index is 12.5. The summed E-state index contributed by atoms with van der Waals surface area (Å²) < 4.78 is 5.53.